The zero-order chi connectivity index (χ0) is 36.9. The Morgan fingerprint density at radius 2 is 1.88 bits per heavy atom. The Morgan fingerprint density at radius 1 is 1.12 bits per heavy atom. The van der Waals surface area contributed by atoms with Crippen molar-refractivity contribution in [2.24, 2.45) is 0 Å². The minimum absolute atomic E-state index is 0.0588. The van der Waals surface area contributed by atoms with Gasteiger partial charge in [-0.15, -0.1) is 5.10 Å². The number of rotatable bonds is 7. The van der Waals surface area contributed by atoms with E-state index in [1.165, 1.54) is 28.0 Å². The van der Waals surface area contributed by atoms with Crippen LogP contribution in [0.4, 0.5) is 28.9 Å². The number of halogens is 4. The summed E-state index contributed by atoms with van der Waals surface area (Å²) in [6, 6.07) is 3.09. The monoisotopic (exact) mass is 724 g/mol. The van der Waals surface area contributed by atoms with Crippen LogP contribution in [0.3, 0.4) is 0 Å². The average molecular weight is 725 g/mol. The van der Waals surface area contributed by atoms with E-state index in [1.807, 2.05) is 0 Å². The number of aromatic nitrogens is 5. The quantitative estimate of drug-likeness (QED) is 0.233. The van der Waals surface area contributed by atoms with E-state index < -0.39 is 41.5 Å². The van der Waals surface area contributed by atoms with Crippen LogP contribution >= 0.6 is 0 Å². The number of furan rings is 1. The van der Waals surface area contributed by atoms with Gasteiger partial charge >= 0.3 is 6.18 Å². The fourth-order valence-electron chi connectivity index (χ4n) is 6.54. The predicted octanol–water partition coefficient (Wildman–Crippen LogP) is 4.17. The SMILES string of the molecule is CCc1c(N2CCN(C(=O)c3ncc4occc4c3O)CC2)c(=O)n2nc(C3=CCOCC3)nc2n1CC(=O)Nc1ccc(C(F)(F)F)c(F)c1C. The number of amides is 2. The van der Waals surface area contributed by atoms with Crippen LogP contribution in [-0.4, -0.2) is 85.4 Å². The van der Waals surface area contributed by atoms with Crippen molar-refractivity contribution in [3.8, 4) is 5.75 Å². The minimum Gasteiger partial charge on any atom is -0.505 e. The van der Waals surface area contributed by atoms with Gasteiger partial charge in [-0.2, -0.15) is 22.7 Å². The van der Waals surface area contributed by atoms with Gasteiger partial charge in [0.05, 0.1) is 42.3 Å². The molecule has 18 heteroatoms. The van der Waals surface area contributed by atoms with Gasteiger partial charge < -0.3 is 33.9 Å². The lowest BCUT2D eigenvalue weighted by Crippen LogP contribution is -2.51. The molecule has 1 fully saturated rings. The molecule has 0 aliphatic carbocycles. The number of hydrogen-bond acceptors (Lipinski definition) is 10. The Hall–Kier alpha value is -5.78. The van der Waals surface area contributed by atoms with Gasteiger partial charge in [-0.05, 0) is 43.5 Å². The van der Waals surface area contributed by atoms with Crippen LogP contribution in [0.5, 0.6) is 5.75 Å². The smallest absolute Gasteiger partial charge is 0.419 e. The average Bonchev–Trinajstić information content (AvgIpc) is 3.80. The standard InChI is InChI=1S/C34H32F4N8O6/c1-3-23-28(43-9-11-44(12-10-43)31(49)27-29(48)20-8-15-52-24(20)16-39-27)32(50)46-33(41-30(42-46)19-6-13-51-14-7-19)45(23)17-25(47)40-22-5-4-21(34(36,37)38)26(35)18(22)2/h4-6,8,15-16,48H,3,7,9-14,17H2,1-2H3,(H,40,47). The number of pyridine rings is 1. The largest absolute Gasteiger partial charge is 0.505 e. The Morgan fingerprint density at radius 3 is 2.58 bits per heavy atom. The Bertz CT molecular complexity index is 2320. The van der Waals surface area contributed by atoms with E-state index in [0.29, 0.717) is 42.4 Å². The molecule has 0 bridgehead atoms. The van der Waals surface area contributed by atoms with E-state index in [2.05, 4.69) is 20.4 Å². The van der Waals surface area contributed by atoms with Crippen LogP contribution in [0.25, 0.3) is 22.3 Å². The lowest BCUT2D eigenvalue weighted by Gasteiger charge is -2.36. The topological polar surface area (TPSA) is 160 Å². The first-order chi connectivity index (χ1) is 24.9. The van der Waals surface area contributed by atoms with Crippen molar-refractivity contribution in [2.45, 2.75) is 39.4 Å². The van der Waals surface area contributed by atoms with Gasteiger partial charge in [-0.1, -0.05) is 13.0 Å². The minimum atomic E-state index is -4.91. The second kappa shape index (κ2) is 13.4. The molecule has 4 aromatic heterocycles. The number of benzene rings is 1. The van der Waals surface area contributed by atoms with Crippen molar-refractivity contribution >= 4 is 45.5 Å². The molecule has 2 N–H and O–H groups in total. The van der Waals surface area contributed by atoms with E-state index in [9.17, 15) is 37.1 Å². The zero-order valence-corrected chi connectivity index (χ0v) is 28.0. The highest BCUT2D eigenvalue weighted by molar-refractivity contribution is 6.00. The van der Waals surface area contributed by atoms with Crippen LogP contribution in [0, 0.1) is 12.7 Å². The third-order valence-electron chi connectivity index (χ3n) is 9.25. The highest BCUT2D eigenvalue weighted by atomic mass is 19.4. The molecule has 52 heavy (non-hydrogen) atoms. The van der Waals surface area contributed by atoms with Gasteiger partial charge in [0.2, 0.25) is 11.7 Å². The maximum absolute atomic E-state index is 14.7. The van der Waals surface area contributed by atoms with Crippen LogP contribution in [0.1, 0.15) is 46.5 Å². The first kappa shape index (κ1) is 34.7. The summed E-state index contributed by atoms with van der Waals surface area (Å²) in [5, 5.41) is 18.1. The van der Waals surface area contributed by atoms with Gasteiger partial charge in [-0.3, -0.25) is 14.4 Å². The highest BCUT2D eigenvalue weighted by Crippen LogP contribution is 2.35. The van der Waals surface area contributed by atoms with E-state index in [1.54, 1.807) is 17.9 Å². The van der Waals surface area contributed by atoms with Gasteiger partial charge in [0.25, 0.3) is 11.5 Å². The van der Waals surface area contributed by atoms with E-state index in [0.717, 1.165) is 23.1 Å². The molecule has 0 atom stereocenters. The van der Waals surface area contributed by atoms with E-state index >= 15 is 0 Å². The molecule has 1 saturated heterocycles. The van der Waals surface area contributed by atoms with Crippen LogP contribution < -0.4 is 15.8 Å². The van der Waals surface area contributed by atoms with Crippen molar-refractivity contribution in [1.82, 2.24) is 29.0 Å². The first-order valence-electron chi connectivity index (χ1n) is 16.4. The highest BCUT2D eigenvalue weighted by Gasteiger charge is 2.35. The number of piperazine rings is 1. The molecule has 0 spiro atoms. The molecule has 2 amide bonds. The van der Waals surface area contributed by atoms with Crippen molar-refractivity contribution in [1.29, 1.82) is 0 Å². The van der Waals surface area contributed by atoms with Crippen molar-refractivity contribution in [3.05, 3.63) is 81.2 Å². The maximum atomic E-state index is 14.7. The van der Waals surface area contributed by atoms with Gasteiger partial charge in [-0.25, -0.2) is 9.37 Å². The number of ether oxygens (including phenoxy) is 1. The molecule has 7 rings (SSSR count). The number of nitrogens with one attached hydrogen (secondary N) is 1. The maximum Gasteiger partial charge on any atom is 0.419 e. The normalized spacial score (nSPS) is 15.4. The Balaban J connectivity index is 1.22. The molecule has 0 saturated carbocycles. The molecule has 0 unspecified atom stereocenters. The Kier molecular flexibility index (Phi) is 8.93. The molecule has 14 nitrogen and oxygen atoms in total. The Labute approximate surface area is 291 Å². The summed E-state index contributed by atoms with van der Waals surface area (Å²) in [7, 11) is 0. The van der Waals surface area contributed by atoms with Crippen molar-refractivity contribution < 1.29 is 41.4 Å². The number of anilines is 2. The first-order valence-corrected chi connectivity index (χ1v) is 16.4. The lowest BCUT2D eigenvalue weighted by atomic mass is 10.1. The number of carbonyl (C=O) groups excluding carboxylic acids is 2. The summed E-state index contributed by atoms with van der Waals surface area (Å²) in [6.45, 7) is 3.98. The van der Waals surface area contributed by atoms with Crippen molar-refractivity contribution in [3.63, 3.8) is 0 Å². The van der Waals surface area contributed by atoms with E-state index in [-0.39, 0.29) is 72.6 Å². The number of fused-ring (bicyclic) bond motifs is 2. The molecule has 6 heterocycles. The molecule has 1 aromatic carbocycles. The molecule has 5 aromatic rings. The molecular formula is C34H32F4N8O6. The fourth-order valence-corrected chi connectivity index (χ4v) is 6.54. The van der Waals surface area contributed by atoms with Crippen LogP contribution in [0.15, 0.2) is 45.9 Å². The summed E-state index contributed by atoms with van der Waals surface area (Å²) in [4.78, 5) is 53.2. The van der Waals surface area contributed by atoms with E-state index in [4.69, 9.17) is 9.15 Å². The summed E-state index contributed by atoms with van der Waals surface area (Å²) in [6.07, 6.45) is 0.372. The summed E-state index contributed by atoms with van der Waals surface area (Å²) in [5.41, 5.74) is -0.884. The number of hydrogen-bond donors (Lipinski definition) is 2. The van der Waals surface area contributed by atoms with Crippen molar-refractivity contribution in [2.75, 3.05) is 49.6 Å². The van der Waals surface area contributed by atoms with Crippen LogP contribution in [0.2, 0.25) is 0 Å². The second-order valence-electron chi connectivity index (χ2n) is 12.3. The van der Waals surface area contributed by atoms with Gasteiger partial charge in [0, 0.05) is 37.4 Å². The van der Waals surface area contributed by atoms with Gasteiger partial charge in [0.15, 0.2) is 22.9 Å². The lowest BCUT2D eigenvalue weighted by molar-refractivity contribution is -0.140. The third kappa shape index (κ3) is 6.12. The number of carbonyl (C=O) groups is 2. The zero-order valence-electron chi connectivity index (χ0n) is 28.0. The summed E-state index contributed by atoms with van der Waals surface area (Å²) >= 11 is 0. The predicted molar refractivity (Wildman–Crippen MR) is 179 cm³/mol. The fraction of sp³-hybridized carbons (Fsp3) is 0.353. The number of alkyl halides is 3. The number of nitrogens with zero attached hydrogens (tertiary/aromatic N) is 7. The molecule has 2 aliphatic heterocycles. The second-order valence-corrected chi connectivity index (χ2v) is 12.3. The van der Waals surface area contributed by atoms with Gasteiger partial charge in [0.1, 0.15) is 18.0 Å². The molecule has 2 aliphatic rings. The van der Waals surface area contributed by atoms with Crippen LogP contribution in [-0.2, 0) is 28.7 Å². The third-order valence-corrected chi connectivity index (χ3v) is 9.25. The summed E-state index contributed by atoms with van der Waals surface area (Å²) < 4.78 is 67.8. The molecule has 0 radical (unpaired) electrons. The molecular weight excluding hydrogens is 692 g/mol. The summed E-state index contributed by atoms with van der Waals surface area (Å²) in [5.74, 6) is -2.67. The number of aromatic hydroxyl groups is 1. The molecule has 272 valence electrons.